The molecule has 0 saturated carbocycles. The quantitative estimate of drug-likeness (QED) is 0.667. The van der Waals surface area contributed by atoms with Crippen molar-refractivity contribution < 1.29 is 9.18 Å². The lowest BCUT2D eigenvalue weighted by Gasteiger charge is -2.56. The number of piperidine rings is 1. The summed E-state index contributed by atoms with van der Waals surface area (Å²) < 4.78 is 16.5. The van der Waals surface area contributed by atoms with E-state index < -0.39 is 0 Å². The summed E-state index contributed by atoms with van der Waals surface area (Å²) in [5.74, 6) is -0.0103. The summed E-state index contributed by atoms with van der Waals surface area (Å²) in [5.41, 5.74) is 2.79. The van der Waals surface area contributed by atoms with Gasteiger partial charge in [0.1, 0.15) is 6.33 Å². The lowest BCUT2D eigenvalue weighted by Crippen LogP contribution is -2.70. The molecule has 0 spiro atoms. The molecule has 2 unspecified atom stereocenters. The smallest absolute Gasteiger partial charge is 0.257 e. The first-order valence-electron chi connectivity index (χ1n) is 10.3. The van der Waals surface area contributed by atoms with Crippen LogP contribution in [0, 0.1) is 12.7 Å². The van der Waals surface area contributed by atoms with Crippen molar-refractivity contribution in [3.05, 3.63) is 65.6 Å². The summed E-state index contributed by atoms with van der Waals surface area (Å²) in [6, 6.07) is 9.87. The highest BCUT2D eigenvalue weighted by Gasteiger charge is 2.48. The van der Waals surface area contributed by atoms with E-state index in [1.807, 2.05) is 54.0 Å². The summed E-state index contributed by atoms with van der Waals surface area (Å²) >= 11 is 0. The second kappa shape index (κ2) is 7.19. The number of hydrogen-bond donors (Lipinski definition) is 0. The van der Waals surface area contributed by atoms with E-state index in [4.69, 9.17) is 0 Å². The molecular formula is C22H23FN6O. The van der Waals surface area contributed by atoms with Crippen molar-refractivity contribution in [1.29, 1.82) is 0 Å². The Bertz CT molecular complexity index is 1090. The number of piperazine rings is 1. The number of carbonyl (C=O) groups is 1. The fourth-order valence-corrected chi connectivity index (χ4v) is 4.57. The third-order valence-corrected chi connectivity index (χ3v) is 6.15. The third kappa shape index (κ3) is 2.86. The maximum atomic E-state index is 14.7. The normalized spacial score (nSPS) is 20.2. The molecule has 3 saturated heterocycles. The number of aromatic nitrogens is 4. The molecule has 3 aliphatic heterocycles. The van der Waals surface area contributed by atoms with Gasteiger partial charge in [-0.25, -0.2) is 19.0 Å². The van der Waals surface area contributed by atoms with E-state index in [0.717, 1.165) is 17.8 Å². The van der Waals surface area contributed by atoms with E-state index in [-0.39, 0.29) is 23.8 Å². The number of rotatable bonds is 4. The van der Waals surface area contributed by atoms with Gasteiger partial charge in [0.05, 0.1) is 40.9 Å². The molecule has 5 heterocycles. The molecule has 6 rings (SSSR count). The Kier molecular flexibility index (Phi) is 4.49. The molecule has 0 radical (unpaired) electrons. The van der Waals surface area contributed by atoms with Crippen molar-refractivity contribution in [1.82, 2.24) is 24.6 Å². The minimum absolute atomic E-state index is 0.00649. The fourth-order valence-electron chi connectivity index (χ4n) is 4.57. The van der Waals surface area contributed by atoms with Crippen LogP contribution in [0.1, 0.15) is 35.1 Å². The van der Waals surface area contributed by atoms with E-state index in [1.54, 1.807) is 10.9 Å². The van der Waals surface area contributed by atoms with E-state index >= 15 is 0 Å². The second-order valence-electron chi connectivity index (χ2n) is 7.86. The van der Waals surface area contributed by atoms with E-state index in [2.05, 4.69) is 15.1 Å². The fraction of sp³-hybridized carbons (Fsp3) is 0.364. The average molecular weight is 406 g/mol. The first-order valence-corrected chi connectivity index (χ1v) is 10.3. The lowest BCUT2D eigenvalue weighted by molar-refractivity contribution is 0.00555. The number of amides is 1. The first-order chi connectivity index (χ1) is 14.6. The number of halogens is 1. The molecule has 0 aliphatic carbocycles. The van der Waals surface area contributed by atoms with Crippen molar-refractivity contribution >= 4 is 11.7 Å². The standard InChI is InChI=1S/C22H23FN6O/c1-3-19-20(23)21(25-13-24-19)27-11-16-9-17(12-27)28(16)22(30)18-10-26-29(14(18)2)15-7-5-4-6-8-15/h4-8,10,13,16-17H,3,9,11-12H2,1-2H3. The van der Waals surface area contributed by atoms with Crippen molar-refractivity contribution in [2.24, 2.45) is 0 Å². The predicted molar refractivity (Wildman–Crippen MR) is 110 cm³/mol. The number of nitrogens with zero attached hydrogens (tertiary/aromatic N) is 6. The number of benzene rings is 1. The summed E-state index contributed by atoms with van der Waals surface area (Å²) in [4.78, 5) is 25.3. The van der Waals surface area contributed by atoms with Crippen LogP contribution in [0.15, 0.2) is 42.9 Å². The first kappa shape index (κ1) is 18.7. The van der Waals surface area contributed by atoms with Crippen LogP contribution in [0.3, 0.4) is 0 Å². The van der Waals surface area contributed by atoms with Gasteiger partial charge in [-0.1, -0.05) is 25.1 Å². The number of aryl methyl sites for hydroxylation is 1. The van der Waals surface area contributed by atoms with Gasteiger partial charge in [-0.05, 0) is 31.9 Å². The number of anilines is 1. The van der Waals surface area contributed by atoms with Gasteiger partial charge in [0.25, 0.3) is 5.91 Å². The Labute approximate surface area is 174 Å². The van der Waals surface area contributed by atoms with Crippen molar-refractivity contribution in [3.8, 4) is 5.69 Å². The topological polar surface area (TPSA) is 67.2 Å². The number of para-hydroxylation sites is 1. The Morgan fingerprint density at radius 2 is 1.90 bits per heavy atom. The lowest BCUT2D eigenvalue weighted by atomic mass is 9.86. The molecule has 8 heteroatoms. The van der Waals surface area contributed by atoms with Crippen LogP contribution < -0.4 is 4.90 Å². The molecule has 154 valence electrons. The molecular weight excluding hydrogens is 383 g/mol. The SMILES string of the molecule is CCc1ncnc(N2CC3CC(C2)N3C(=O)c2cnn(-c3ccccc3)c2C)c1F. The van der Waals surface area contributed by atoms with Gasteiger partial charge in [-0.2, -0.15) is 5.10 Å². The molecule has 7 nitrogen and oxygen atoms in total. The van der Waals surface area contributed by atoms with Gasteiger partial charge >= 0.3 is 0 Å². The average Bonchev–Trinajstić information content (AvgIpc) is 3.16. The molecule has 1 amide bonds. The zero-order valence-corrected chi connectivity index (χ0v) is 17.0. The molecule has 2 aromatic heterocycles. The van der Waals surface area contributed by atoms with Gasteiger partial charge in [0.2, 0.25) is 0 Å². The number of carbonyl (C=O) groups excluding carboxylic acids is 1. The van der Waals surface area contributed by atoms with Crippen LogP contribution >= 0.6 is 0 Å². The number of hydrogen-bond acceptors (Lipinski definition) is 5. The van der Waals surface area contributed by atoms with Crippen LogP contribution in [0.4, 0.5) is 10.2 Å². The summed E-state index contributed by atoms with van der Waals surface area (Å²) in [6.45, 7) is 4.94. The molecule has 3 aliphatic rings. The van der Waals surface area contributed by atoms with Gasteiger partial charge < -0.3 is 9.80 Å². The van der Waals surface area contributed by atoms with Crippen molar-refractivity contribution in [2.45, 2.75) is 38.8 Å². The van der Waals surface area contributed by atoms with Gasteiger partial charge in [0.15, 0.2) is 11.6 Å². The third-order valence-electron chi connectivity index (χ3n) is 6.15. The maximum absolute atomic E-state index is 14.7. The van der Waals surface area contributed by atoms with E-state index in [1.165, 1.54) is 6.33 Å². The van der Waals surface area contributed by atoms with Gasteiger partial charge in [-0.3, -0.25) is 4.79 Å². The summed E-state index contributed by atoms with van der Waals surface area (Å²) in [7, 11) is 0. The predicted octanol–water partition coefficient (Wildman–Crippen LogP) is 2.78. The molecule has 30 heavy (non-hydrogen) atoms. The largest absolute Gasteiger partial charge is 0.350 e. The highest BCUT2D eigenvalue weighted by molar-refractivity contribution is 5.96. The van der Waals surface area contributed by atoms with Crippen LogP contribution in [0.25, 0.3) is 5.69 Å². The van der Waals surface area contributed by atoms with Crippen LogP contribution in [-0.4, -0.2) is 55.7 Å². The monoisotopic (exact) mass is 406 g/mol. The zero-order chi connectivity index (χ0) is 20.8. The maximum Gasteiger partial charge on any atom is 0.257 e. The molecule has 2 atom stereocenters. The highest BCUT2D eigenvalue weighted by Crippen LogP contribution is 2.36. The Morgan fingerprint density at radius 3 is 2.60 bits per heavy atom. The molecule has 3 fully saturated rings. The van der Waals surface area contributed by atoms with Crippen molar-refractivity contribution in [2.75, 3.05) is 18.0 Å². The minimum Gasteiger partial charge on any atom is -0.350 e. The summed E-state index contributed by atoms with van der Waals surface area (Å²) in [6.07, 6.45) is 4.52. The van der Waals surface area contributed by atoms with Crippen LogP contribution in [0.2, 0.25) is 0 Å². The van der Waals surface area contributed by atoms with Crippen LogP contribution in [-0.2, 0) is 6.42 Å². The molecule has 1 aromatic carbocycles. The number of fused-ring (bicyclic) bond motifs is 2. The molecule has 3 aromatic rings. The molecule has 2 bridgehead atoms. The van der Waals surface area contributed by atoms with Crippen LogP contribution in [0.5, 0.6) is 0 Å². The highest BCUT2D eigenvalue weighted by atomic mass is 19.1. The second-order valence-corrected chi connectivity index (χ2v) is 7.86. The van der Waals surface area contributed by atoms with E-state index in [0.29, 0.717) is 36.6 Å². The molecule has 0 N–H and O–H groups in total. The van der Waals surface area contributed by atoms with E-state index in [9.17, 15) is 9.18 Å². The minimum atomic E-state index is -0.348. The summed E-state index contributed by atoms with van der Waals surface area (Å²) in [5, 5.41) is 4.43. The Balaban J connectivity index is 1.35. The Hall–Kier alpha value is -3.29. The Morgan fingerprint density at radius 1 is 1.17 bits per heavy atom. The van der Waals surface area contributed by atoms with Gasteiger partial charge in [-0.15, -0.1) is 0 Å². The van der Waals surface area contributed by atoms with Crippen molar-refractivity contribution in [3.63, 3.8) is 0 Å². The van der Waals surface area contributed by atoms with Gasteiger partial charge in [0, 0.05) is 13.1 Å². The zero-order valence-electron chi connectivity index (χ0n) is 17.0.